The van der Waals surface area contributed by atoms with E-state index in [1.165, 1.54) is 6.07 Å². The molecule has 202 valence electrons. The number of benzene rings is 2. The molecular weight excluding hydrogens is 500 g/mol. The summed E-state index contributed by atoms with van der Waals surface area (Å²) in [6.07, 6.45) is 3.01. The summed E-state index contributed by atoms with van der Waals surface area (Å²) in [6, 6.07) is 11.0. The van der Waals surface area contributed by atoms with Gasteiger partial charge in [-0.25, -0.2) is 18.4 Å². The third-order valence-corrected chi connectivity index (χ3v) is 6.06. The molecular formula is C26H34N2O8S. The second-order valence-corrected chi connectivity index (χ2v) is 9.81. The SMILES string of the molecule is CCCCNc1cc(C(=O)OCC(=O)CCC(=O)OCCCC)cc(S(N)(=O)=O)c1Oc1ccccc1. The number of Topliss-reactive ketones (excluding diaryl/α,β-unsaturated/α-hetero) is 1. The number of esters is 2. The Bertz CT molecular complexity index is 1170. The number of hydrogen-bond acceptors (Lipinski definition) is 9. The van der Waals surface area contributed by atoms with Gasteiger partial charge in [-0.05, 0) is 37.1 Å². The number of para-hydroxylation sites is 1. The number of ketones is 1. The number of nitrogens with two attached hydrogens (primary N) is 1. The average Bonchev–Trinajstić information content (AvgIpc) is 2.87. The van der Waals surface area contributed by atoms with Crippen molar-refractivity contribution in [2.45, 2.75) is 57.3 Å². The largest absolute Gasteiger partial charge is 0.466 e. The van der Waals surface area contributed by atoms with Crippen LogP contribution in [0.15, 0.2) is 47.4 Å². The Balaban J connectivity index is 2.20. The van der Waals surface area contributed by atoms with E-state index in [1.807, 2.05) is 13.8 Å². The number of nitrogens with one attached hydrogen (secondary N) is 1. The second kappa shape index (κ2) is 15.0. The van der Waals surface area contributed by atoms with Gasteiger partial charge < -0.3 is 19.5 Å². The van der Waals surface area contributed by atoms with E-state index >= 15 is 0 Å². The first-order valence-corrected chi connectivity index (χ1v) is 13.7. The van der Waals surface area contributed by atoms with Crippen LogP contribution in [0.2, 0.25) is 0 Å². The number of carbonyl (C=O) groups is 3. The zero-order valence-corrected chi connectivity index (χ0v) is 22.0. The number of rotatable bonds is 16. The molecule has 0 radical (unpaired) electrons. The fourth-order valence-corrected chi connectivity index (χ4v) is 3.82. The summed E-state index contributed by atoms with van der Waals surface area (Å²) in [5.74, 6) is -1.58. The number of unbranched alkanes of at least 4 members (excludes halogenated alkanes) is 2. The first kappa shape index (κ1) is 29.8. The minimum absolute atomic E-state index is 0.0565. The molecule has 0 spiro atoms. The van der Waals surface area contributed by atoms with Gasteiger partial charge in [-0.3, -0.25) is 9.59 Å². The van der Waals surface area contributed by atoms with E-state index in [0.717, 1.165) is 31.7 Å². The van der Waals surface area contributed by atoms with Crippen LogP contribution < -0.4 is 15.2 Å². The highest BCUT2D eigenvalue weighted by Gasteiger charge is 2.24. The monoisotopic (exact) mass is 534 g/mol. The molecule has 0 atom stereocenters. The Morgan fingerprint density at radius 3 is 2.30 bits per heavy atom. The third-order valence-electron chi connectivity index (χ3n) is 5.14. The highest BCUT2D eigenvalue weighted by atomic mass is 32.2. The predicted molar refractivity (Wildman–Crippen MR) is 138 cm³/mol. The number of sulfonamides is 1. The first-order chi connectivity index (χ1) is 17.7. The van der Waals surface area contributed by atoms with Gasteiger partial charge in [0, 0.05) is 13.0 Å². The Morgan fingerprint density at radius 1 is 0.946 bits per heavy atom. The Kier molecular flexibility index (Phi) is 12.0. The Hall–Kier alpha value is -3.44. The number of carbonyl (C=O) groups excluding carboxylic acids is 3. The maximum absolute atomic E-state index is 12.7. The van der Waals surface area contributed by atoms with Gasteiger partial charge in [-0.2, -0.15) is 0 Å². The molecule has 0 unspecified atom stereocenters. The number of ether oxygens (including phenoxy) is 3. The normalized spacial score (nSPS) is 11.0. The van der Waals surface area contributed by atoms with Crippen LogP contribution in [0.1, 0.15) is 62.7 Å². The summed E-state index contributed by atoms with van der Waals surface area (Å²) in [5.41, 5.74) is 0.104. The fourth-order valence-electron chi connectivity index (χ4n) is 3.12. The standard InChI is InChI=1S/C26H34N2O8S/c1-3-5-14-28-22-16-19(26(31)35-18-20(29)12-13-24(30)34-15-6-4-2)17-23(37(27,32)33)25(22)36-21-10-8-7-9-11-21/h7-11,16-17,28H,3-6,12-15,18H2,1-2H3,(H2,27,32,33). The van der Waals surface area contributed by atoms with Crippen molar-refractivity contribution in [1.29, 1.82) is 0 Å². The minimum atomic E-state index is -4.31. The van der Waals surface area contributed by atoms with Crippen LogP contribution in [0.4, 0.5) is 5.69 Å². The molecule has 0 bridgehead atoms. The summed E-state index contributed by atoms with van der Waals surface area (Å²) in [6.45, 7) is 4.16. The van der Waals surface area contributed by atoms with Gasteiger partial charge >= 0.3 is 11.9 Å². The molecule has 0 amide bonds. The fraction of sp³-hybridized carbons (Fsp3) is 0.423. The molecule has 37 heavy (non-hydrogen) atoms. The molecule has 0 heterocycles. The van der Waals surface area contributed by atoms with E-state index < -0.39 is 39.2 Å². The van der Waals surface area contributed by atoms with Crippen molar-refractivity contribution in [2.24, 2.45) is 5.14 Å². The maximum atomic E-state index is 12.7. The second-order valence-electron chi connectivity index (χ2n) is 8.28. The van der Waals surface area contributed by atoms with Gasteiger partial charge in [0.05, 0.1) is 24.3 Å². The van der Waals surface area contributed by atoms with Gasteiger partial charge in [0.1, 0.15) is 17.3 Å². The lowest BCUT2D eigenvalue weighted by atomic mass is 10.1. The average molecular weight is 535 g/mol. The van der Waals surface area contributed by atoms with Crippen molar-refractivity contribution < 1.29 is 37.0 Å². The summed E-state index contributed by atoms with van der Waals surface area (Å²) < 4.78 is 40.8. The summed E-state index contributed by atoms with van der Waals surface area (Å²) >= 11 is 0. The van der Waals surface area contributed by atoms with Gasteiger partial charge in [-0.15, -0.1) is 0 Å². The van der Waals surface area contributed by atoms with Gasteiger partial charge in [0.2, 0.25) is 10.0 Å². The van der Waals surface area contributed by atoms with Crippen molar-refractivity contribution in [3.05, 3.63) is 48.0 Å². The van der Waals surface area contributed by atoms with Crippen LogP contribution in [-0.2, 0) is 29.1 Å². The van der Waals surface area contributed by atoms with Gasteiger partial charge in [0.25, 0.3) is 0 Å². The minimum Gasteiger partial charge on any atom is -0.466 e. The lowest BCUT2D eigenvalue weighted by Crippen LogP contribution is -2.18. The zero-order valence-electron chi connectivity index (χ0n) is 21.2. The number of anilines is 1. The quantitative estimate of drug-likeness (QED) is 0.239. The molecule has 0 aliphatic carbocycles. The zero-order chi connectivity index (χ0) is 27.3. The number of hydrogen-bond donors (Lipinski definition) is 2. The first-order valence-electron chi connectivity index (χ1n) is 12.2. The topological polar surface area (TPSA) is 151 Å². The van der Waals surface area contributed by atoms with Crippen LogP contribution in [-0.4, -0.2) is 45.9 Å². The van der Waals surface area contributed by atoms with Crippen LogP contribution in [0.3, 0.4) is 0 Å². The Labute approximate surface area is 217 Å². The lowest BCUT2D eigenvalue weighted by Gasteiger charge is -2.17. The molecule has 2 aromatic rings. The van der Waals surface area contributed by atoms with Crippen LogP contribution in [0, 0.1) is 0 Å². The van der Waals surface area contributed by atoms with E-state index in [2.05, 4.69) is 5.32 Å². The lowest BCUT2D eigenvalue weighted by molar-refractivity contribution is -0.145. The van der Waals surface area contributed by atoms with Crippen molar-refractivity contribution in [2.75, 3.05) is 25.1 Å². The smallest absolute Gasteiger partial charge is 0.338 e. The molecule has 0 fully saturated rings. The van der Waals surface area contributed by atoms with Gasteiger partial charge in [-0.1, -0.05) is 44.9 Å². The molecule has 0 saturated carbocycles. The van der Waals surface area contributed by atoms with Crippen LogP contribution >= 0.6 is 0 Å². The van der Waals surface area contributed by atoms with Gasteiger partial charge in [0.15, 0.2) is 11.5 Å². The molecule has 11 heteroatoms. The van der Waals surface area contributed by atoms with E-state index in [4.69, 9.17) is 19.3 Å². The van der Waals surface area contributed by atoms with Crippen LogP contribution in [0.5, 0.6) is 11.5 Å². The molecule has 0 aliphatic heterocycles. The van der Waals surface area contributed by atoms with Crippen LogP contribution in [0.25, 0.3) is 0 Å². The molecule has 0 aliphatic rings. The predicted octanol–water partition coefficient (Wildman–Crippen LogP) is 4.19. The third kappa shape index (κ3) is 10.2. The highest BCUT2D eigenvalue weighted by Crippen LogP contribution is 2.37. The summed E-state index contributed by atoms with van der Waals surface area (Å²) in [5, 5.41) is 8.54. The maximum Gasteiger partial charge on any atom is 0.338 e. The van der Waals surface area contributed by atoms with Crippen molar-refractivity contribution in [3.8, 4) is 11.5 Å². The Morgan fingerprint density at radius 2 is 1.65 bits per heavy atom. The van der Waals surface area contributed by atoms with Crippen molar-refractivity contribution in [3.63, 3.8) is 0 Å². The molecule has 10 nitrogen and oxygen atoms in total. The highest BCUT2D eigenvalue weighted by molar-refractivity contribution is 7.89. The van der Waals surface area contributed by atoms with E-state index in [1.54, 1.807) is 30.3 Å². The molecule has 2 aromatic carbocycles. The summed E-state index contributed by atoms with van der Waals surface area (Å²) in [7, 11) is -4.31. The summed E-state index contributed by atoms with van der Waals surface area (Å²) in [4.78, 5) is 36.1. The molecule has 0 saturated heterocycles. The van der Waals surface area contributed by atoms with Crippen molar-refractivity contribution in [1.82, 2.24) is 0 Å². The van der Waals surface area contributed by atoms with E-state index in [0.29, 0.717) is 18.9 Å². The molecule has 0 aromatic heterocycles. The van der Waals surface area contributed by atoms with E-state index in [9.17, 15) is 22.8 Å². The molecule has 3 N–H and O–H groups in total. The molecule has 2 rings (SSSR count). The van der Waals surface area contributed by atoms with E-state index in [-0.39, 0.29) is 29.8 Å². The number of primary sulfonamides is 1. The van der Waals surface area contributed by atoms with Crippen molar-refractivity contribution >= 4 is 33.4 Å².